The van der Waals surface area contributed by atoms with Crippen molar-refractivity contribution in [2.45, 2.75) is 32.2 Å². The lowest BCUT2D eigenvalue weighted by molar-refractivity contribution is -0.135. The van der Waals surface area contributed by atoms with Crippen molar-refractivity contribution in [2.75, 3.05) is 13.1 Å². The van der Waals surface area contributed by atoms with Crippen molar-refractivity contribution in [1.29, 1.82) is 5.26 Å². The number of nitrogens with two attached hydrogens (primary N) is 1. The first-order valence-corrected chi connectivity index (χ1v) is 4.99. The summed E-state index contributed by atoms with van der Waals surface area (Å²) in [6, 6.07) is 2.18. The molecule has 0 aromatic carbocycles. The van der Waals surface area contributed by atoms with Crippen LogP contribution in [0, 0.1) is 17.2 Å². The highest BCUT2D eigenvalue weighted by Crippen LogP contribution is 2.19. The average molecular weight is 195 g/mol. The van der Waals surface area contributed by atoms with Crippen molar-refractivity contribution in [1.82, 2.24) is 4.90 Å². The Morgan fingerprint density at radius 3 is 2.86 bits per heavy atom. The Morgan fingerprint density at radius 1 is 1.79 bits per heavy atom. The monoisotopic (exact) mass is 195 g/mol. The topological polar surface area (TPSA) is 70.1 Å². The van der Waals surface area contributed by atoms with E-state index in [0.29, 0.717) is 19.5 Å². The lowest BCUT2D eigenvalue weighted by atomic mass is 9.99. The molecule has 0 bridgehead atoms. The molecule has 2 N–H and O–H groups in total. The third-order valence-electron chi connectivity index (χ3n) is 2.88. The Morgan fingerprint density at radius 2 is 2.43 bits per heavy atom. The molecule has 0 aromatic heterocycles. The fraction of sp³-hybridized carbons (Fsp3) is 0.800. The van der Waals surface area contributed by atoms with E-state index in [1.807, 2.05) is 6.92 Å². The van der Waals surface area contributed by atoms with Crippen molar-refractivity contribution in [3.8, 4) is 6.07 Å². The molecule has 1 saturated heterocycles. The molecule has 0 spiro atoms. The van der Waals surface area contributed by atoms with Crippen molar-refractivity contribution in [3.05, 3.63) is 0 Å². The lowest BCUT2D eigenvalue weighted by Crippen LogP contribution is -2.52. The maximum atomic E-state index is 11.9. The predicted octanol–water partition coefficient (Wildman–Crippen LogP) is 0.486. The van der Waals surface area contributed by atoms with Crippen molar-refractivity contribution < 1.29 is 4.79 Å². The van der Waals surface area contributed by atoms with Gasteiger partial charge in [-0.3, -0.25) is 4.79 Å². The third kappa shape index (κ3) is 2.05. The number of hydrogen-bond acceptors (Lipinski definition) is 3. The second-order valence-corrected chi connectivity index (χ2v) is 4.14. The van der Waals surface area contributed by atoms with Gasteiger partial charge in [0.15, 0.2) is 0 Å². The minimum Gasteiger partial charge on any atom is -0.340 e. The van der Waals surface area contributed by atoms with Crippen LogP contribution in [0.4, 0.5) is 0 Å². The summed E-state index contributed by atoms with van der Waals surface area (Å²) in [5, 5.41) is 8.71. The number of carbonyl (C=O) groups excluding carboxylic acids is 1. The molecule has 4 heteroatoms. The fourth-order valence-electron chi connectivity index (χ4n) is 1.56. The van der Waals surface area contributed by atoms with Crippen LogP contribution in [0.15, 0.2) is 0 Å². The van der Waals surface area contributed by atoms with E-state index in [0.717, 1.165) is 6.42 Å². The summed E-state index contributed by atoms with van der Waals surface area (Å²) >= 11 is 0. The van der Waals surface area contributed by atoms with Crippen LogP contribution in [0.1, 0.15) is 26.7 Å². The summed E-state index contributed by atoms with van der Waals surface area (Å²) in [4.78, 5) is 13.6. The van der Waals surface area contributed by atoms with Gasteiger partial charge in [-0.25, -0.2) is 0 Å². The van der Waals surface area contributed by atoms with Gasteiger partial charge in [-0.2, -0.15) is 5.26 Å². The van der Waals surface area contributed by atoms with Crippen molar-refractivity contribution in [3.63, 3.8) is 0 Å². The zero-order valence-electron chi connectivity index (χ0n) is 8.79. The molecule has 2 atom stereocenters. The first-order chi connectivity index (χ1) is 6.51. The quantitative estimate of drug-likeness (QED) is 0.697. The molecule has 1 aliphatic heterocycles. The van der Waals surface area contributed by atoms with Gasteiger partial charge < -0.3 is 10.6 Å². The first-order valence-electron chi connectivity index (χ1n) is 4.99. The van der Waals surface area contributed by atoms with Gasteiger partial charge in [0.2, 0.25) is 5.91 Å². The van der Waals surface area contributed by atoms with Crippen molar-refractivity contribution >= 4 is 5.91 Å². The first kappa shape index (κ1) is 11.0. The smallest absolute Gasteiger partial charge is 0.242 e. The molecule has 4 nitrogen and oxygen atoms in total. The van der Waals surface area contributed by atoms with Gasteiger partial charge in [0.1, 0.15) is 0 Å². The van der Waals surface area contributed by atoms with Gasteiger partial charge in [-0.05, 0) is 19.8 Å². The van der Waals surface area contributed by atoms with Crippen molar-refractivity contribution in [2.24, 2.45) is 11.7 Å². The zero-order valence-corrected chi connectivity index (χ0v) is 8.79. The second kappa shape index (κ2) is 3.97. The molecule has 0 radical (unpaired) electrons. The Labute approximate surface area is 84.7 Å². The van der Waals surface area contributed by atoms with E-state index >= 15 is 0 Å². The molecule has 1 heterocycles. The van der Waals surface area contributed by atoms with E-state index in [1.165, 1.54) is 0 Å². The number of nitriles is 1. The van der Waals surface area contributed by atoms with E-state index < -0.39 is 5.54 Å². The van der Waals surface area contributed by atoms with E-state index in [-0.39, 0.29) is 11.8 Å². The number of likely N-dealkylation sites (tertiary alicyclic amines) is 1. The maximum absolute atomic E-state index is 11.9. The minimum atomic E-state index is -0.773. The van der Waals surface area contributed by atoms with Crippen LogP contribution in [0.25, 0.3) is 0 Å². The van der Waals surface area contributed by atoms with Gasteiger partial charge in [0.05, 0.1) is 17.5 Å². The number of carbonyl (C=O) groups is 1. The van der Waals surface area contributed by atoms with Gasteiger partial charge in [-0.15, -0.1) is 0 Å². The van der Waals surface area contributed by atoms with Crippen LogP contribution < -0.4 is 5.73 Å². The van der Waals surface area contributed by atoms with E-state index in [4.69, 9.17) is 11.0 Å². The summed E-state index contributed by atoms with van der Waals surface area (Å²) < 4.78 is 0. The normalized spacial score (nSPS) is 25.6. The number of rotatable bonds is 2. The summed E-state index contributed by atoms with van der Waals surface area (Å²) in [6.07, 6.45) is 1.40. The fourth-order valence-corrected chi connectivity index (χ4v) is 1.56. The number of nitrogens with zero attached hydrogens (tertiary/aromatic N) is 2. The van der Waals surface area contributed by atoms with E-state index in [2.05, 4.69) is 6.07 Å². The van der Waals surface area contributed by atoms with Gasteiger partial charge >= 0.3 is 0 Å². The highest BCUT2D eigenvalue weighted by Gasteiger charge is 2.34. The molecule has 1 rings (SSSR count). The molecule has 14 heavy (non-hydrogen) atoms. The van der Waals surface area contributed by atoms with Gasteiger partial charge in [0, 0.05) is 13.1 Å². The summed E-state index contributed by atoms with van der Waals surface area (Å²) in [5.41, 5.74) is 5.08. The molecule has 1 aliphatic rings. The SMILES string of the molecule is CCC(C)(N)C(=O)N1CCC(C#N)C1. The van der Waals surface area contributed by atoms with Gasteiger partial charge in [0.25, 0.3) is 0 Å². The van der Waals surface area contributed by atoms with Crippen LogP contribution in [0.5, 0.6) is 0 Å². The van der Waals surface area contributed by atoms with Crippen LogP contribution in [0.2, 0.25) is 0 Å². The third-order valence-corrected chi connectivity index (χ3v) is 2.88. The average Bonchev–Trinajstić information content (AvgIpc) is 2.64. The number of hydrogen-bond donors (Lipinski definition) is 1. The Hall–Kier alpha value is -1.08. The Balaban J connectivity index is 2.61. The van der Waals surface area contributed by atoms with Crippen LogP contribution >= 0.6 is 0 Å². The molecule has 0 aromatic rings. The predicted molar refractivity (Wildman–Crippen MR) is 53.2 cm³/mol. The van der Waals surface area contributed by atoms with Crippen LogP contribution in [0.3, 0.4) is 0 Å². The largest absolute Gasteiger partial charge is 0.340 e. The molecule has 78 valence electrons. The van der Waals surface area contributed by atoms with E-state index in [1.54, 1.807) is 11.8 Å². The maximum Gasteiger partial charge on any atom is 0.242 e. The molecule has 2 unspecified atom stereocenters. The molecule has 0 aliphatic carbocycles. The highest BCUT2D eigenvalue weighted by atomic mass is 16.2. The summed E-state index contributed by atoms with van der Waals surface area (Å²) in [7, 11) is 0. The van der Waals surface area contributed by atoms with Gasteiger partial charge in [-0.1, -0.05) is 6.92 Å². The Kier molecular flexibility index (Phi) is 3.12. The highest BCUT2D eigenvalue weighted by molar-refractivity contribution is 5.85. The van der Waals surface area contributed by atoms with Crippen LogP contribution in [-0.4, -0.2) is 29.4 Å². The van der Waals surface area contributed by atoms with Crippen LogP contribution in [-0.2, 0) is 4.79 Å². The molecular formula is C10H17N3O. The molecule has 0 saturated carbocycles. The molecule has 1 amide bonds. The Bertz CT molecular complexity index is 267. The van der Waals surface area contributed by atoms with E-state index in [9.17, 15) is 4.79 Å². The second-order valence-electron chi connectivity index (χ2n) is 4.14. The molecular weight excluding hydrogens is 178 g/mol. The summed E-state index contributed by atoms with van der Waals surface area (Å²) in [6.45, 7) is 4.86. The zero-order chi connectivity index (χ0) is 10.8. The molecule has 1 fully saturated rings. The summed E-state index contributed by atoms with van der Waals surface area (Å²) in [5.74, 6) is -0.0376. The number of amides is 1. The standard InChI is InChI=1S/C10H17N3O/c1-3-10(2,12)9(14)13-5-4-8(6-11)7-13/h8H,3-5,7,12H2,1-2H3. The minimum absolute atomic E-state index is 0.00777. The lowest BCUT2D eigenvalue weighted by Gasteiger charge is -2.27.